The molecule has 0 aliphatic carbocycles. The van der Waals surface area contributed by atoms with E-state index in [1.54, 1.807) is 0 Å². The van der Waals surface area contributed by atoms with E-state index in [1.165, 1.54) is 22.6 Å². The third kappa shape index (κ3) is 2.26. The quantitative estimate of drug-likeness (QED) is 0.557. The minimum absolute atomic E-state index is 0.291. The van der Waals surface area contributed by atoms with Gasteiger partial charge >= 0.3 is 6.18 Å². The summed E-state index contributed by atoms with van der Waals surface area (Å²) in [5, 5.41) is 0. The van der Waals surface area contributed by atoms with Gasteiger partial charge in [-0.15, -0.1) is 0 Å². The number of pyridine rings is 1. The van der Waals surface area contributed by atoms with E-state index in [2.05, 4.69) is 9.72 Å². The van der Waals surface area contributed by atoms with Gasteiger partial charge in [0.1, 0.15) is 3.57 Å². The number of ether oxygens (including phenoxy) is 1. The summed E-state index contributed by atoms with van der Waals surface area (Å²) < 4.78 is 56.7. The number of methoxy groups -OCH3 is 1. The summed E-state index contributed by atoms with van der Waals surface area (Å²) >= 11 is 1.24. The molecule has 19 heavy (non-hydrogen) atoms. The Morgan fingerprint density at radius 2 is 2.05 bits per heavy atom. The Kier molecular flexibility index (Phi) is 3.41. The molecule has 0 saturated carbocycles. The summed E-state index contributed by atoms with van der Waals surface area (Å²) in [6.07, 6.45) is -3.73. The number of alkyl halides is 3. The van der Waals surface area contributed by atoms with Crippen molar-refractivity contribution in [2.45, 2.75) is 6.18 Å². The predicted molar refractivity (Wildman–Crippen MR) is 65.7 cm³/mol. The molecule has 0 aliphatic rings. The summed E-state index contributed by atoms with van der Waals surface area (Å²) in [6.45, 7) is 0. The molecule has 0 unspecified atom stereocenters. The van der Waals surface area contributed by atoms with Gasteiger partial charge in [-0.1, -0.05) is 0 Å². The molecule has 2 heterocycles. The lowest BCUT2D eigenvalue weighted by molar-refractivity contribution is -0.141. The fraction of sp³-hybridized carbons (Fsp3) is 0.200. The van der Waals surface area contributed by atoms with Crippen LogP contribution in [0.1, 0.15) is 5.69 Å². The Morgan fingerprint density at radius 3 is 2.58 bits per heavy atom. The summed E-state index contributed by atoms with van der Waals surface area (Å²) in [5.41, 5.74) is -3.12. The Bertz CT molecular complexity index is 711. The van der Waals surface area contributed by atoms with Crippen molar-refractivity contribution in [1.82, 2.24) is 9.38 Å². The van der Waals surface area contributed by atoms with Crippen LogP contribution in [-0.4, -0.2) is 16.5 Å². The first-order chi connectivity index (χ1) is 8.77. The van der Waals surface area contributed by atoms with E-state index in [9.17, 15) is 22.4 Å². The first-order valence-electron chi connectivity index (χ1n) is 4.79. The summed E-state index contributed by atoms with van der Waals surface area (Å²) in [4.78, 5) is 14.9. The van der Waals surface area contributed by atoms with Crippen LogP contribution in [0.3, 0.4) is 0 Å². The highest BCUT2D eigenvalue weighted by molar-refractivity contribution is 14.1. The molecular formula is C10H5F4IN2O2. The molecule has 2 aromatic heterocycles. The van der Waals surface area contributed by atoms with Crippen molar-refractivity contribution in [2.75, 3.05) is 7.11 Å². The molecule has 0 fully saturated rings. The highest BCUT2D eigenvalue weighted by Crippen LogP contribution is 2.31. The number of nitrogens with zero attached hydrogens (tertiary/aromatic N) is 2. The number of rotatable bonds is 1. The highest BCUT2D eigenvalue weighted by atomic mass is 127. The molecule has 102 valence electrons. The molecule has 2 aromatic rings. The average Bonchev–Trinajstić information content (AvgIpc) is 2.33. The van der Waals surface area contributed by atoms with Crippen LogP contribution in [0.25, 0.3) is 5.65 Å². The topological polar surface area (TPSA) is 43.6 Å². The summed E-state index contributed by atoms with van der Waals surface area (Å²) in [6, 6.07) is 1.13. The van der Waals surface area contributed by atoms with E-state index in [4.69, 9.17) is 0 Å². The van der Waals surface area contributed by atoms with Crippen LogP contribution in [0.4, 0.5) is 17.6 Å². The van der Waals surface area contributed by atoms with Crippen molar-refractivity contribution in [3.63, 3.8) is 0 Å². The second kappa shape index (κ2) is 4.62. The average molecular weight is 388 g/mol. The van der Waals surface area contributed by atoms with Crippen LogP contribution in [-0.2, 0) is 6.18 Å². The smallest absolute Gasteiger partial charge is 0.434 e. The van der Waals surface area contributed by atoms with E-state index < -0.39 is 32.5 Å². The van der Waals surface area contributed by atoms with Crippen LogP contribution in [0.5, 0.6) is 5.75 Å². The molecule has 0 aliphatic heterocycles. The van der Waals surface area contributed by atoms with E-state index in [1.807, 2.05) is 0 Å². The molecule has 4 nitrogen and oxygen atoms in total. The van der Waals surface area contributed by atoms with Crippen LogP contribution < -0.4 is 10.3 Å². The Balaban J connectivity index is 2.94. The Hall–Kier alpha value is -1.39. The first kappa shape index (κ1) is 14.0. The predicted octanol–water partition coefficient (Wildman–Crippen LogP) is 2.47. The van der Waals surface area contributed by atoms with Crippen LogP contribution in [0.15, 0.2) is 17.1 Å². The van der Waals surface area contributed by atoms with Crippen molar-refractivity contribution < 1.29 is 22.3 Å². The van der Waals surface area contributed by atoms with E-state index in [-0.39, 0.29) is 5.75 Å². The SMILES string of the molecule is COc1ccn2c(=O)c(I)c(C(F)(F)F)nc2c1F. The van der Waals surface area contributed by atoms with E-state index in [0.29, 0.717) is 4.40 Å². The normalized spacial score (nSPS) is 11.9. The molecule has 9 heteroatoms. The maximum atomic E-state index is 13.8. The number of halogens is 5. The number of aromatic nitrogens is 2. The zero-order valence-electron chi connectivity index (χ0n) is 9.26. The Labute approximate surface area is 117 Å². The summed E-state index contributed by atoms with van der Waals surface area (Å²) in [5.74, 6) is -1.41. The Morgan fingerprint density at radius 1 is 1.42 bits per heavy atom. The maximum absolute atomic E-state index is 13.8. The number of fused-ring (bicyclic) bond motifs is 1. The number of hydrogen-bond acceptors (Lipinski definition) is 3. The van der Waals surface area contributed by atoms with Gasteiger partial charge in [0, 0.05) is 12.3 Å². The maximum Gasteiger partial charge on any atom is 0.434 e. The summed E-state index contributed by atoms with van der Waals surface area (Å²) in [7, 11) is 1.16. The number of hydrogen-bond donors (Lipinski definition) is 0. The second-order valence-electron chi connectivity index (χ2n) is 3.47. The molecule has 0 radical (unpaired) electrons. The van der Waals surface area contributed by atoms with Crippen molar-refractivity contribution in [2.24, 2.45) is 0 Å². The largest absolute Gasteiger partial charge is 0.493 e. The fourth-order valence-electron chi connectivity index (χ4n) is 1.48. The fourth-order valence-corrected chi connectivity index (χ4v) is 2.16. The van der Waals surface area contributed by atoms with E-state index >= 15 is 0 Å². The molecule has 0 saturated heterocycles. The van der Waals surface area contributed by atoms with Gasteiger partial charge in [-0.05, 0) is 22.6 Å². The minimum Gasteiger partial charge on any atom is -0.493 e. The van der Waals surface area contributed by atoms with Crippen molar-refractivity contribution in [3.05, 3.63) is 37.7 Å². The monoisotopic (exact) mass is 388 g/mol. The highest BCUT2D eigenvalue weighted by Gasteiger charge is 2.37. The lowest BCUT2D eigenvalue weighted by atomic mass is 10.3. The molecule has 2 rings (SSSR count). The lowest BCUT2D eigenvalue weighted by Crippen LogP contribution is -2.25. The zero-order chi connectivity index (χ0) is 14.4. The molecule has 0 bridgehead atoms. The third-order valence-corrected chi connectivity index (χ3v) is 3.31. The standard InChI is InChI=1S/C10H5F4IN2O2/c1-19-4-2-3-17-8(5(4)11)16-7(10(12,13)14)6(15)9(17)18/h2-3H,1H3. The van der Waals surface area contributed by atoms with Gasteiger partial charge in [-0.3, -0.25) is 9.20 Å². The minimum atomic E-state index is -4.83. The van der Waals surface area contributed by atoms with Gasteiger partial charge in [-0.25, -0.2) is 4.98 Å². The lowest BCUT2D eigenvalue weighted by Gasteiger charge is -2.11. The molecule has 0 spiro atoms. The van der Waals surface area contributed by atoms with Crippen LogP contribution >= 0.6 is 22.6 Å². The van der Waals surface area contributed by atoms with Gasteiger partial charge < -0.3 is 4.74 Å². The molecule has 0 aromatic carbocycles. The third-order valence-electron chi connectivity index (χ3n) is 2.34. The van der Waals surface area contributed by atoms with Gasteiger partial charge in [0.15, 0.2) is 17.1 Å². The van der Waals surface area contributed by atoms with Gasteiger partial charge in [0.2, 0.25) is 5.82 Å². The first-order valence-corrected chi connectivity index (χ1v) is 5.86. The van der Waals surface area contributed by atoms with Crippen LogP contribution in [0, 0.1) is 9.39 Å². The molecule has 0 atom stereocenters. The molecule has 0 N–H and O–H groups in total. The van der Waals surface area contributed by atoms with E-state index in [0.717, 1.165) is 19.4 Å². The van der Waals surface area contributed by atoms with Gasteiger partial charge in [-0.2, -0.15) is 17.6 Å². The van der Waals surface area contributed by atoms with Crippen molar-refractivity contribution in [1.29, 1.82) is 0 Å². The van der Waals surface area contributed by atoms with Gasteiger partial charge in [0.25, 0.3) is 5.56 Å². The van der Waals surface area contributed by atoms with Crippen molar-refractivity contribution in [3.8, 4) is 5.75 Å². The van der Waals surface area contributed by atoms with Gasteiger partial charge in [0.05, 0.1) is 7.11 Å². The van der Waals surface area contributed by atoms with Crippen molar-refractivity contribution >= 4 is 28.2 Å². The van der Waals surface area contributed by atoms with Crippen LogP contribution in [0.2, 0.25) is 0 Å². The second-order valence-corrected chi connectivity index (χ2v) is 4.55. The molecule has 0 amide bonds. The zero-order valence-corrected chi connectivity index (χ0v) is 11.4. The molecular weight excluding hydrogens is 383 g/mol.